The number of hydrogen-bond donors (Lipinski definition) is 1. The van der Waals surface area contributed by atoms with Gasteiger partial charge in [-0.15, -0.1) is 5.10 Å². The highest BCUT2D eigenvalue weighted by atomic mass is 16.5. The van der Waals surface area contributed by atoms with E-state index in [4.69, 9.17) is 4.74 Å². The lowest BCUT2D eigenvalue weighted by Gasteiger charge is -2.12. The number of aromatic nitrogens is 3. The monoisotopic (exact) mass is 454 g/mol. The molecule has 170 valence electrons. The van der Waals surface area contributed by atoms with E-state index in [1.807, 2.05) is 60.7 Å². The topological polar surface area (TPSA) is 103 Å². The molecule has 0 radical (unpaired) electrons. The quantitative estimate of drug-likeness (QED) is 0.330. The average Bonchev–Trinajstić information content (AvgIpc) is 3.31. The Morgan fingerprint density at radius 2 is 1.59 bits per heavy atom. The van der Waals surface area contributed by atoms with Crippen molar-refractivity contribution in [2.75, 3.05) is 5.32 Å². The summed E-state index contributed by atoms with van der Waals surface area (Å²) in [6.45, 7) is 2.89. The maximum absolute atomic E-state index is 12.8. The number of carbonyl (C=O) groups excluding carboxylic acids is 3. The van der Waals surface area contributed by atoms with Gasteiger partial charge >= 0.3 is 5.97 Å². The molecule has 0 fully saturated rings. The van der Waals surface area contributed by atoms with Crippen molar-refractivity contribution in [3.8, 4) is 17.1 Å². The van der Waals surface area contributed by atoms with Crippen LogP contribution in [0.15, 0.2) is 84.9 Å². The molecule has 4 rings (SSSR count). The number of nitrogens with one attached hydrogen (secondary N) is 1. The van der Waals surface area contributed by atoms with Gasteiger partial charge < -0.3 is 10.1 Å². The summed E-state index contributed by atoms with van der Waals surface area (Å²) >= 11 is 0. The average molecular weight is 454 g/mol. The molecule has 4 aromatic rings. The third-order valence-electron chi connectivity index (χ3n) is 5.01. The van der Waals surface area contributed by atoms with Crippen LogP contribution in [0.4, 0.5) is 5.69 Å². The summed E-state index contributed by atoms with van der Waals surface area (Å²) in [5, 5.41) is 6.99. The van der Waals surface area contributed by atoms with Gasteiger partial charge in [0, 0.05) is 16.8 Å². The van der Waals surface area contributed by atoms with E-state index in [1.165, 1.54) is 13.8 Å². The summed E-state index contributed by atoms with van der Waals surface area (Å²) in [5.74, 6) is -1.19. The molecule has 1 heterocycles. The summed E-state index contributed by atoms with van der Waals surface area (Å²) in [7, 11) is 0. The Morgan fingerprint density at radius 1 is 0.912 bits per heavy atom. The third kappa shape index (κ3) is 5.07. The van der Waals surface area contributed by atoms with Crippen LogP contribution in [-0.4, -0.2) is 38.5 Å². The molecule has 1 unspecified atom stereocenters. The Labute approximate surface area is 196 Å². The highest BCUT2D eigenvalue weighted by Crippen LogP contribution is 2.21. The van der Waals surface area contributed by atoms with Gasteiger partial charge in [0.1, 0.15) is 0 Å². The zero-order valence-electron chi connectivity index (χ0n) is 18.6. The molecule has 0 aliphatic heterocycles. The smallest absolute Gasteiger partial charge is 0.379 e. The Morgan fingerprint density at radius 3 is 2.26 bits per heavy atom. The van der Waals surface area contributed by atoms with Crippen LogP contribution in [0.1, 0.15) is 34.8 Å². The van der Waals surface area contributed by atoms with E-state index in [0.717, 1.165) is 11.3 Å². The van der Waals surface area contributed by atoms with E-state index in [2.05, 4.69) is 15.4 Å². The first-order valence-corrected chi connectivity index (χ1v) is 10.6. The van der Waals surface area contributed by atoms with Gasteiger partial charge in [-0.2, -0.15) is 0 Å². The Balaban J connectivity index is 1.54. The minimum Gasteiger partial charge on any atom is -0.447 e. The van der Waals surface area contributed by atoms with Crippen LogP contribution >= 0.6 is 0 Å². The molecule has 1 aromatic heterocycles. The summed E-state index contributed by atoms with van der Waals surface area (Å²) < 4.78 is 6.89. The number of carbonyl (C=O) groups is 3. The van der Waals surface area contributed by atoms with Gasteiger partial charge in [-0.1, -0.05) is 60.7 Å². The number of nitrogens with zero attached hydrogens (tertiary/aromatic N) is 3. The van der Waals surface area contributed by atoms with Gasteiger partial charge in [-0.3, -0.25) is 9.59 Å². The first-order chi connectivity index (χ1) is 16.4. The lowest BCUT2D eigenvalue weighted by molar-refractivity contribution is -0.123. The first-order valence-electron chi connectivity index (χ1n) is 10.6. The zero-order chi connectivity index (χ0) is 24.1. The fourth-order valence-corrected chi connectivity index (χ4v) is 3.25. The SMILES string of the molecule is CC(=O)c1cccc(NC(=O)C(C)OC(=O)c2nc(-c3ccccc3)n(-c3ccccc3)n2)c1. The van der Waals surface area contributed by atoms with Crippen molar-refractivity contribution in [3.05, 3.63) is 96.3 Å². The van der Waals surface area contributed by atoms with Crippen molar-refractivity contribution in [3.63, 3.8) is 0 Å². The normalized spacial score (nSPS) is 11.5. The van der Waals surface area contributed by atoms with Gasteiger partial charge in [0.15, 0.2) is 17.7 Å². The van der Waals surface area contributed by atoms with E-state index in [-0.39, 0.29) is 11.6 Å². The minimum absolute atomic E-state index is 0.120. The second kappa shape index (κ2) is 9.91. The van der Waals surface area contributed by atoms with Gasteiger partial charge in [-0.05, 0) is 38.1 Å². The second-order valence-corrected chi connectivity index (χ2v) is 7.55. The summed E-state index contributed by atoms with van der Waals surface area (Å²) in [6.07, 6.45) is -1.11. The molecule has 0 saturated carbocycles. The molecule has 0 saturated heterocycles. The number of rotatable bonds is 7. The van der Waals surface area contributed by atoms with Crippen molar-refractivity contribution < 1.29 is 19.1 Å². The van der Waals surface area contributed by atoms with Crippen LogP contribution < -0.4 is 5.32 Å². The fraction of sp³-hybridized carbons (Fsp3) is 0.115. The molecular formula is C26H22N4O4. The van der Waals surface area contributed by atoms with Gasteiger partial charge in [-0.25, -0.2) is 14.5 Å². The van der Waals surface area contributed by atoms with Crippen molar-refractivity contribution in [1.29, 1.82) is 0 Å². The van der Waals surface area contributed by atoms with E-state index in [9.17, 15) is 14.4 Å². The number of benzene rings is 3. The molecule has 0 spiro atoms. The molecule has 1 N–H and O–H groups in total. The number of amides is 1. The first kappa shape index (κ1) is 22.6. The van der Waals surface area contributed by atoms with Gasteiger partial charge in [0.05, 0.1) is 5.69 Å². The molecule has 0 bridgehead atoms. The molecule has 3 aromatic carbocycles. The van der Waals surface area contributed by atoms with E-state index in [0.29, 0.717) is 17.1 Å². The molecule has 1 amide bonds. The highest BCUT2D eigenvalue weighted by Gasteiger charge is 2.24. The van der Waals surface area contributed by atoms with E-state index >= 15 is 0 Å². The van der Waals surface area contributed by atoms with Crippen LogP contribution in [0, 0.1) is 0 Å². The van der Waals surface area contributed by atoms with Crippen LogP contribution in [0.2, 0.25) is 0 Å². The van der Waals surface area contributed by atoms with Crippen molar-refractivity contribution in [1.82, 2.24) is 14.8 Å². The highest BCUT2D eigenvalue weighted by molar-refractivity contribution is 5.99. The number of esters is 1. The maximum atomic E-state index is 12.8. The number of ether oxygens (including phenoxy) is 1. The molecule has 8 heteroatoms. The number of para-hydroxylation sites is 1. The molecule has 0 aliphatic carbocycles. The fourth-order valence-electron chi connectivity index (χ4n) is 3.25. The molecule has 34 heavy (non-hydrogen) atoms. The zero-order valence-corrected chi connectivity index (χ0v) is 18.6. The number of anilines is 1. The predicted molar refractivity (Wildman–Crippen MR) is 127 cm³/mol. The standard InChI is InChI=1S/C26H22N4O4/c1-17(31)20-12-9-13-21(16-20)27-25(32)18(2)34-26(33)23-28-24(19-10-5-3-6-11-19)30(29-23)22-14-7-4-8-15-22/h3-16,18H,1-2H3,(H,27,32). The lowest BCUT2D eigenvalue weighted by Crippen LogP contribution is -2.30. The van der Waals surface area contributed by atoms with Gasteiger partial charge in [0.2, 0.25) is 0 Å². The second-order valence-electron chi connectivity index (χ2n) is 7.55. The third-order valence-corrected chi connectivity index (χ3v) is 5.01. The lowest BCUT2D eigenvalue weighted by atomic mass is 10.1. The van der Waals surface area contributed by atoms with Crippen LogP contribution in [0.25, 0.3) is 17.1 Å². The molecule has 8 nitrogen and oxygen atoms in total. The number of Topliss-reactive ketones (excluding diaryl/α,β-unsaturated/α-hetero) is 1. The van der Waals surface area contributed by atoms with Crippen LogP contribution in [0.5, 0.6) is 0 Å². The predicted octanol–water partition coefficient (Wildman–Crippen LogP) is 4.32. The number of hydrogen-bond acceptors (Lipinski definition) is 6. The van der Waals surface area contributed by atoms with Crippen molar-refractivity contribution in [2.24, 2.45) is 0 Å². The van der Waals surface area contributed by atoms with Crippen molar-refractivity contribution in [2.45, 2.75) is 20.0 Å². The maximum Gasteiger partial charge on any atom is 0.379 e. The van der Waals surface area contributed by atoms with E-state index in [1.54, 1.807) is 28.9 Å². The van der Waals surface area contributed by atoms with Gasteiger partial charge in [0.25, 0.3) is 11.7 Å². The van der Waals surface area contributed by atoms with Crippen LogP contribution in [0.3, 0.4) is 0 Å². The number of ketones is 1. The minimum atomic E-state index is -1.11. The summed E-state index contributed by atoms with van der Waals surface area (Å²) in [6, 6.07) is 25.2. The largest absolute Gasteiger partial charge is 0.447 e. The molecule has 0 aliphatic rings. The Bertz CT molecular complexity index is 1280. The van der Waals surface area contributed by atoms with Crippen LogP contribution in [-0.2, 0) is 9.53 Å². The molecular weight excluding hydrogens is 432 g/mol. The molecule has 1 atom stereocenters. The Hall–Kier alpha value is -4.59. The summed E-state index contributed by atoms with van der Waals surface area (Å²) in [5.41, 5.74) is 2.39. The van der Waals surface area contributed by atoms with E-state index < -0.39 is 18.0 Å². The van der Waals surface area contributed by atoms with Crippen molar-refractivity contribution >= 4 is 23.3 Å². The Kier molecular flexibility index (Phi) is 6.59. The summed E-state index contributed by atoms with van der Waals surface area (Å²) in [4.78, 5) is 41.3.